The topological polar surface area (TPSA) is 61.4 Å². The van der Waals surface area contributed by atoms with E-state index in [-0.39, 0.29) is 24.6 Å². The minimum absolute atomic E-state index is 0.0503. The number of aryl methyl sites for hydroxylation is 1. The van der Waals surface area contributed by atoms with Crippen LogP contribution in [0.5, 0.6) is 0 Å². The Labute approximate surface area is 123 Å². The summed E-state index contributed by atoms with van der Waals surface area (Å²) in [6.07, 6.45) is 2.36. The summed E-state index contributed by atoms with van der Waals surface area (Å²) in [5.74, 6) is -0.424. The highest BCUT2D eigenvalue weighted by Crippen LogP contribution is 2.14. The molecule has 1 saturated heterocycles. The van der Waals surface area contributed by atoms with Crippen molar-refractivity contribution >= 4 is 17.6 Å². The molecule has 2 N–H and O–H groups in total. The summed E-state index contributed by atoms with van der Waals surface area (Å²) >= 11 is 0. The van der Waals surface area contributed by atoms with Gasteiger partial charge in [-0.05, 0) is 37.5 Å². The van der Waals surface area contributed by atoms with Crippen molar-refractivity contribution in [2.75, 3.05) is 25.0 Å². The van der Waals surface area contributed by atoms with Crippen LogP contribution in [-0.2, 0) is 4.79 Å². The lowest BCUT2D eigenvalue weighted by Gasteiger charge is -2.15. The van der Waals surface area contributed by atoms with Crippen molar-refractivity contribution in [3.05, 3.63) is 29.6 Å². The van der Waals surface area contributed by atoms with E-state index in [4.69, 9.17) is 0 Å². The van der Waals surface area contributed by atoms with E-state index in [1.807, 2.05) is 0 Å². The van der Waals surface area contributed by atoms with E-state index in [1.165, 1.54) is 12.1 Å². The van der Waals surface area contributed by atoms with Crippen molar-refractivity contribution in [1.82, 2.24) is 10.2 Å². The number of benzene rings is 1. The van der Waals surface area contributed by atoms with Gasteiger partial charge in [0.1, 0.15) is 5.82 Å². The first kappa shape index (κ1) is 15.3. The van der Waals surface area contributed by atoms with Crippen LogP contribution in [0, 0.1) is 12.7 Å². The fourth-order valence-corrected chi connectivity index (χ4v) is 2.30. The molecule has 6 heteroatoms. The van der Waals surface area contributed by atoms with Gasteiger partial charge >= 0.3 is 6.03 Å². The second kappa shape index (κ2) is 7.06. The number of likely N-dealkylation sites (tertiary alicyclic amines) is 1. The van der Waals surface area contributed by atoms with Gasteiger partial charge in [-0.2, -0.15) is 0 Å². The first-order valence-corrected chi connectivity index (χ1v) is 7.15. The summed E-state index contributed by atoms with van der Waals surface area (Å²) in [7, 11) is 0. The van der Waals surface area contributed by atoms with Crippen molar-refractivity contribution < 1.29 is 14.0 Å². The minimum Gasteiger partial charge on any atom is -0.343 e. The third-order valence-electron chi connectivity index (χ3n) is 3.46. The number of hydrogen-bond donors (Lipinski definition) is 2. The van der Waals surface area contributed by atoms with E-state index in [0.717, 1.165) is 31.5 Å². The van der Waals surface area contributed by atoms with Crippen LogP contribution in [0.25, 0.3) is 0 Å². The van der Waals surface area contributed by atoms with E-state index >= 15 is 0 Å². The third-order valence-corrected chi connectivity index (χ3v) is 3.46. The number of halogens is 1. The van der Waals surface area contributed by atoms with Crippen LogP contribution >= 0.6 is 0 Å². The van der Waals surface area contributed by atoms with Crippen LogP contribution < -0.4 is 10.6 Å². The summed E-state index contributed by atoms with van der Waals surface area (Å²) in [5, 5.41) is 4.99. The van der Waals surface area contributed by atoms with Gasteiger partial charge in [0, 0.05) is 26.1 Å². The first-order chi connectivity index (χ1) is 10.1. The molecule has 114 valence electrons. The van der Waals surface area contributed by atoms with Gasteiger partial charge in [-0.1, -0.05) is 6.07 Å². The average molecular weight is 293 g/mol. The molecule has 0 aliphatic carbocycles. The molecule has 2 rings (SSSR count). The molecule has 0 unspecified atom stereocenters. The molecule has 1 aliphatic rings. The maximum absolute atomic E-state index is 13.6. The molecule has 1 fully saturated rings. The summed E-state index contributed by atoms with van der Waals surface area (Å²) < 4.78 is 13.6. The zero-order valence-electron chi connectivity index (χ0n) is 12.1. The zero-order valence-corrected chi connectivity index (χ0v) is 12.1. The number of carbonyl (C=O) groups excluding carboxylic acids is 2. The fraction of sp³-hybridized carbons (Fsp3) is 0.467. The van der Waals surface area contributed by atoms with Crippen LogP contribution in [0.2, 0.25) is 0 Å². The smallest absolute Gasteiger partial charge is 0.319 e. The Morgan fingerprint density at radius 3 is 2.67 bits per heavy atom. The van der Waals surface area contributed by atoms with Crippen molar-refractivity contribution in [3.8, 4) is 0 Å². The van der Waals surface area contributed by atoms with Crippen molar-refractivity contribution in [2.24, 2.45) is 0 Å². The predicted molar refractivity (Wildman–Crippen MR) is 78.6 cm³/mol. The molecule has 0 spiro atoms. The molecule has 1 aromatic rings. The minimum atomic E-state index is -0.507. The molecule has 5 nitrogen and oxygen atoms in total. The number of amides is 3. The molecular weight excluding hydrogens is 273 g/mol. The number of hydrogen-bond acceptors (Lipinski definition) is 2. The van der Waals surface area contributed by atoms with Gasteiger partial charge in [0.15, 0.2) is 0 Å². The molecule has 1 aliphatic heterocycles. The third kappa shape index (κ3) is 4.44. The molecule has 0 bridgehead atoms. The summed E-state index contributed by atoms with van der Waals surface area (Å²) in [4.78, 5) is 25.2. The standard InChI is InChI=1S/C15H20FN3O2/c1-11-4-5-13(12(16)10-11)18-15(21)17-7-6-14(20)19-8-2-3-9-19/h4-5,10H,2-3,6-9H2,1H3,(H2,17,18,21). The van der Waals surface area contributed by atoms with E-state index in [0.29, 0.717) is 0 Å². The van der Waals surface area contributed by atoms with Gasteiger partial charge in [-0.15, -0.1) is 0 Å². The second-order valence-corrected chi connectivity index (χ2v) is 5.20. The molecule has 0 aromatic heterocycles. The lowest BCUT2D eigenvalue weighted by Crippen LogP contribution is -2.34. The monoisotopic (exact) mass is 293 g/mol. The SMILES string of the molecule is Cc1ccc(NC(=O)NCCC(=O)N2CCCC2)c(F)c1. The van der Waals surface area contributed by atoms with Crippen LogP contribution in [0.15, 0.2) is 18.2 Å². The molecule has 1 aromatic carbocycles. The van der Waals surface area contributed by atoms with E-state index < -0.39 is 11.8 Å². The summed E-state index contributed by atoms with van der Waals surface area (Å²) in [6, 6.07) is 4.08. The molecule has 1 heterocycles. The Morgan fingerprint density at radius 1 is 1.29 bits per heavy atom. The highest BCUT2D eigenvalue weighted by atomic mass is 19.1. The van der Waals surface area contributed by atoms with Crippen LogP contribution in [0.3, 0.4) is 0 Å². The fourth-order valence-electron chi connectivity index (χ4n) is 2.30. The van der Waals surface area contributed by atoms with Gasteiger partial charge < -0.3 is 15.5 Å². The van der Waals surface area contributed by atoms with Gasteiger partial charge in [0.05, 0.1) is 5.69 Å². The van der Waals surface area contributed by atoms with Crippen molar-refractivity contribution in [3.63, 3.8) is 0 Å². The lowest BCUT2D eigenvalue weighted by atomic mass is 10.2. The highest BCUT2D eigenvalue weighted by Gasteiger charge is 2.17. The summed E-state index contributed by atoms with van der Waals surface area (Å²) in [5.41, 5.74) is 0.915. The molecule has 0 saturated carbocycles. The Kier molecular flexibility index (Phi) is 5.14. The maximum Gasteiger partial charge on any atom is 0.319 e. The van der Waals surface area contributed by atoms with Crippen LogP contribution in [0.4, 0.5) is 14.9 Å². The molecule has 0 atom stereocenters. The Morgan fingerprint density at radius 2 is 2.00 bits per heavy atom. The number of carbonyl (C=O) groups is 2. The number of anilines is 1. The van der Waals surface area contributed by atoms with Crippen molar-refractivity contribution in [2.45, 2.75) is 26.2 Å². The molecule has 3 amide bonds. The van der Waals surface area contributed by atoms with Gasteiger partial charge in [-0.25, -0.2) is 9.18 Å². The largest absolute Gasteiger partial charge is 0.343 e. The van der Waals surface area contributed by atoms with E-state index in [2.05, 4.69) is 10.6 Å². The Balaban J connectivity index is 1.73. The molecule has 21 heavy (non-hydrogen) atoms. The quantitative estimate of drug-likeness (QED) is 0.894. The van der Waals surface area contributed by atoms with Crippen LogP contribution in [-0.4, -0.2) is 36.5 Å². The maximum atomic E-state index is 13.6. The zero-order chi connectivity index (χ0) is 15.2. The van der Waals surface area contributed by atoms with Gasteiger partial charge in [-0.3, -0.25) is 4.79 Å². The molecular formula is C15H20FN3O2. The Bertz CT molecular complexity index is 528. The predicted octanol–water partition coefficient (Wildman–Crippen LogP) is 2.27. The number of rotatable bonds is 4. The average Bonchev–Trinajstić information content (AvgIpc) is 2.96. The number of nitrogens with one attached hydrogen (secondary N) is 2. The van der Waals surface area contributed by atoms with Gasteiger partial charge in [0.2, 0.25) is 5.91 Å². The van der Waals surface area contributed by atoms with Crippen LogP contribution in [0.1, 0.15) is 24.8 Å². The number of urea groups is 1. The first-order valence-electron chi connectivity index (χ1n) is 7.15. The van der Waals surface area contributed by atoms with Gasteiger partial charge in [0.25, 0.3) is 0 Å². The highest BCUT2D eigenvalue weighted by molar-refractivity contribution is 5.89. The molecule has 0 radical (unpaired) electrons. The second-order valence-electron chi connectivity index (χ2n) is 5.20. The number of nitrogens with zero attached hydrogens (tertiary/aromatic N) is 1. The summed E-state index contributed by atoms with van der Waals surface area (Å²) in [6.45, 7) is 3.63. The normalized spacial score (nSPS) is 14.1. The van der Waals surface area contributed by atoms with E-state index in [9.17, 15) is 14.0 Å². The van der Waals surface area contributed by atoms with Crippen molar-refractivity contribution in [1.29, 1.82) is 0 Å². The lowest BCUT2D eigenvalue weighted by molar-refractivity contribution is -0.129. The Hall–Kier alpha value is -2.11. The van der Waals surface area contributed by atoms with E-state index in [1.54, 1.807) is 17.9 Å².